The summed E-state index contributed by atoms with van der Waals surface area (Å²) in [7, 11) is 0. The van der Waals surface area contributed by atoms with Crippen LogP contribution in [-0.2, 0) is 15.0 Å². The maximum Gasteiger partial charge on any atom is 0.160 e. The van der Waals surface area contributed by atoms with E-state index >= 15 is 0 Å². The van der Waals surface area contributed by atoms with E-state index in [0.29, 0.717) is 6.04 Å². The summed E-state index contributed by atoms with van der Waals surface area (Å²) in [6.45, 7) is 2.17. The molecule has 118 valence electrons. The van der Waals surface area contributed by atoms with Crippen LogP contribution in [0, 0.1) is 12.3 Å². The van der Waals surface area contributed by atoms with Crippen molar-refractivity contribution in [1.82, 2.24) is 4.90 Å². The number of terminal acetylenes is 1. The molecule has 3 rings (SSSR count). The quantitative estimate of drug-likeness (QED) is 0.371. The normalized spacial score (nSPS) is 19.0. The van der Waals surface area contributed by atoms with Crippen LogP contribution in [0.3, 0.4) is 0 Å². The van der Waals surface area contributed by atoms with Crippen molar-refractivity contribution in [3.8, 4) is 12.3 Å². The molecule has 0 unspecified atom stereocenters. The van der Waals surface area contributed by atoms with Gasteiger partial charge in [-0.25, -0.2) is 5.26 Å². The van der Waals surface area contributed by atoms with Crippen molar-refractivity contribution in [3.05, 3.63) is 34.3 Å². The second-order valence-electron chi connectivity index (χ2n) is 4.38. The Morgan fingerprint density at radius 1 is 1.45 bits per heavy atom. The van der Waals surface area contributed by atoms with Gasteiger partial charge in [0, 0.05) is 23.3 Å². The number of aliphatic imine (C=N–C) groups is 1. The molecular weight excluding hydrogens is 372 g/mol. The number of hydrogen-bond acceptors (Lipinski definition) is 7. The van der Waals surface area contributed by atoms with Gasteiger partial charge in [-0.15, -0.1) is 6.42 Å². The molecule has 0 bridgehead atoms. The summed E-state index contributed by atoms with van der Waals surface area (Å²) in [6.07, 6.45) is 4.68. The Morgan fingerprint density at radius 2 is 2.23 bits per heavy atom. The van der Waals surface area contributed by atoms with E-state index in [2.05, 4.69) is 72.4 Å². The van der Waals surface area contributed by atoms with Crippen molar-refractivity contribution >= 4 is 32.9 Å². The minimum absolute atomic E-state index is 0.0550. The van der Waals surface area contributed by atoms with E-state index in [1.807, 2.05) is 11.8 Å². The summed E-state index contributed by atoms with van der Waals surface area (Å²) in [5.41, 5.74) is 1.32. The monoisotopic (exact) mass is 386 g/mol. The summed E-state index contributed by atoms with van der Waals surface area (Å²) < 4.78 is 1.13. The molecule has 0 aliphatic carbocycles. The van der Waals surface area contributed by atoms with Gasteiger partial charge in [0.25, 0.3) is 0 Å². The minimum Gasteiger partial charge on any atom is -0.348 e. The predicted octanol–water partition coefficient (Wildman–Crippen LogP) is 2.88. The number of hydrogen-bond donors (Lipinski definition) is 1. The number of fused-ring (bicyclic) bond motifs is 1. The van der Waals surface area contributed by atoms with Gasteiger partial charge in [0.15, 0.2) is 5.17 Å². The zero-order valence-electron chi connectivity index (χ0n) is 11.6. The highest BCUT2D eigenvalue weighted by Gasteiger charge is 2.29. The van der Waals surface area contributed by atoms with E-state index in [1.54, 1.807) is 0 Å². The van der Waals surface area contributed by atoms with Crippen LogP contribution in [0.2, 0.25) is 0 Å². The molecule has 0 aromatic heterocycles. The van der Waals surface area contributed by atoms with Crippen molar-refractivity contribution < 1.29 is 20.2 Å². The molecule has 1 aromatic rings. The molecule has 2 heterocycles. The number of benzene rings is 1. The second-order valence-corrected chi connectivity index (χ2v) is 6.36. The molecule has 0 amide bonds. The number of amidine groups is 1. The Kier molecular flexibility index (Phi) is 7.18. The lowest BCUT2D eigenvalue weighted by atomic mass is 10.1. The molecule has 2 aliphatic rings. The van der Waals surface area contributed by atoms with Crippen molar-refractivity contribution in [2.24, 2.45) is 4.99 Å². The number of rotatable bonds is 4. The largest absolute Gasteiger partial charge is 0.348 e. The average Bonchev–Trinajstić information content (AvgIpc) is 3.11. The van der Waals surface area contributed by atoms with Crippen LogP contribution in [0.25, 0.3) is 0 Å². The van der Waals surface area contributed by atoms with Crippen molar-refractivity contribution in [3.63, 3.8) is 0 Å². The smallest absolute Gasteiger partial charge is 0.160 e. The fraction of sp³-hybridized carbons (Fsp3) is 0.357. The summed E-state index contributed by atoms with van der Waals surface area (Å²) in [5.74, 6) is 3.26. The van der Waals surface area contributed by atoms with Crippen LogP contribution in [0.15, 0.2) is 33.7 Å². The van der Waals surface area contributed by atoms with Gasteiger partial charge in [-0.2, -0.15) is 4.89 Å². The Hall–Kier alpha value is -1.08. The first kappa shape index (κ1) is 17.3. The molecule has 22 heavy (non-hydrogen) atoms. The van der Waals surface area contributed by atoms with Gasteiger partial charge in [-0.3, -0.25) is 4.99 Å². The second kappa shape index (κ2) is 9.15. The molecule has 0 radical (unpaired) electrons. The lowest BCUT2D eigenvalue weighted by Crippen LogP contribution is -2.21. The first-order valence-corrected chi connectivity index (χ1v) is 8.26. The molecule has 0 saturated carbocycles. The molecule has 8 heteroatoms. The molecule has 1 atom stereocenters. The van der Waals surface area contributed by atoms with Gasteiger partial charge in [0.1, 0.15) is 6.61 Å². The van der Waals surface area contributed by atoms with Crippen LogP contribution in [0.4, 0.5) is 0 Å². The lowest BCUT2D eigenvalue weighted by Gasteiger charge is -2.12. The third-order valence-electron chi connectivity index (χ3n) is 3.00. The Balaban J connectivity index is 0.000000217. The first-order chi connectivity index (χ1) is 10.7. The van der Waals surface area contributed by atoms with Gasteiger partial charge in [-0.1, -0.05) is 45.7 Å². The zero-order chi connectivity index (χ0) is 15.8. The van der Waals surface area contributed by atoms with Crippen LogP contribution in [0.1, 0.15) is 11.6 Å². The maximum absolute atomic E-state index is 7.38. The summed E-state index contributed by atoms with van der Waals surface area (Å²) >= 11 is 5.33. The number of thioether (sulfide) groups is 1. The van der Waals surface area contributed by atoms with Crippen LogP contribution in [-0.4, -0.2) is 40.8 Å². The van der Waals surface area contributed by atoms with E-state index in [1.165, 1.54) is 16.5 Å². The van der Waals surface area contributed by atoms with Crippen LogP contribution in [0.5, 0.6) is 0 Å². The molecule has 1 N–H and O–H groups in total. The Labute approximate surface area is 141 Å². The predicted molar refractivity (Wildman–Crippen MR) is 87.9 cm³/mol. The van der Waals surface area contributed by atoms with Gasteiger partial charge >= 0.3 is 0 Å². The molecular formula is C14H15BrN2O4S. The van der Waals surface area contributed by atoms with E-state index in [4.69, 9.17) is 10.2 Å². The Bertz CT molecular complexity index is 547. The minimum atomic E-state index is -0.0550. The maximum atomic E-state index is 7.38. The molecule has 1 aromatic carbocycles. The van der Waals surface area contributed by atoms with Crippen molar-refractivity contribution in [1.29, 1.82) is 0 Å². The zero-order valence-corrected chi connectivity index (χ0v) is 14.0. The fourth-order valence-electron chi connectivity index (χ4n) is 2.05. The molecule has 1 fully saturated rings. The lowest BCUT2D eigenvalue weighted by molar-refractivity contribution is -0.620. The number of nitrogens with zero attached hydrogens (tertiary/aromatic N) is 2. The highest BCUT2D eigenvalue weighted by Crippen LogP contribution is 2.32. The average molecular weight is 387 g/mol. The van der Waals surface area contributed by atoms with E-state index in [0.717, 1.165) is 17.6 Å². The highest BCUT2D eigenvalue weighted by molar-refractivity contribution is 9.10. The van der Waals surface area contributed by atoms with E-state index in [-0.39, 0.29) is 6.61 Å². The topological polar surface area (TPSA) is 63.5 Å². The van der Waals surface area contributed by atoms with Gasteiger partial charge in [-0.05, 0) is 27.8 Å². The summed E-state index contributed by atoms with van der Waals surface area (Å²) in [6, 6.07) is 8.84. The SMILES string of the molecule is Brc1ccc([C@H]2CN3CCSC3=N2)cc1.C#CCOOOO. The third-order valence-corrected chi connectivity index (χ3v) is 4.54. The molecule has 6 nitrogen and oxygen atoms in total. The highest BCUT2D eigenvalue weighted by atomic mass is 79.9. The third kappa shape index (κ3) is 4.98. The van der Waals surface area contributed by atoms with Gasteiger partial charge < -0.3 is 4.90 Å². The van der Waals surface area contributed by atoms with Crippen LogP contribution < -0.4 is 0 Å². The summed E-state index contributed by atoms with van der Waals surface area (Å²) in [5, 5.41) is 15.1. The standard InChI is InChI=1S/C11H11BrN2S.C3H4O4/c12-9-3-1-8(2-4-9)10-7-14-5-6-15-11(14)13-10;1-2-3-5-7-6-4/h1-4,10H,5-7H2;1,4H,3H2/t10-;/m1./s1. The van der Waals surface area contributed by atoms with Gasteiger partial charge in [0.2, 0.25) is 0 Å². The summed E-state index contributed by atoms with van der Waals surface area (Å²) in [4.78, 5) is 11.1. The number of halogens is 1. The van der Waals surface area contributed by atoms with E-state index in [9.17, 15) is 0 Å². The molecule has 2 aliphatic heterocycles. The molecule has 1 saturated heterocycles. The van der Waals surface area contributed by atoms with Crippen molar-refractivity contribution in [2.75, 3.05) is 25.4 Å². The first-order valence-electron chi connectivity index (χ1n) is 6.48. The van der Waals surface area contributed by atoms with Crippen molar-refractivity contribution in [2.45, 2.75) is 6.04 Å². The fourth-order valence-corrected chi connectivity index (χ4v) is 3.36. The Morgan fingerprint density at radius 3 is 2.86 bits per heavy atom. The van der Waals surface area contributed by atoms with E-state index < -0.39 is 0 Å². The van der Waals surface area contributed by atoms with Gasteiger partial charge in [0.05, 0.1) is 6.04 Å². The van der Waals surface area contributed by atoms with Crippen LogP contribution >= 0.6 is 27.7 Å². The molecule has 0 spiro atoms.